The zero-order chi connectivity index (χ0) is 12.3. The van der Waals surface area contributed by atoms with Gasteiger partial charge in [0.2, 0.25) is 5.91 Å². The molecule has 1 fully saturated rings. The number of aliphatic carboxylic acids is 1. The third-order valence-electron chi connectivity index (χ3n) is 3.21. The van der Waals surface area contributed by atoms with Crippen LogP contribution in [0.3, 0.4) is 0 Å². The molecule has 0 saturated carbocycles. The van der Waals surface area contributed by atoms with Gasteiger partial charge in [0.1, 0.15) is 0 Å². The van der Waals surface area contributed by atoms with Crippen molar-refractivity contribution in [1.82, 2.24) is 4.90 Å². The SMILES string of the molecule is COC(C)CC(=O)N1CCC(C)(C(=O)O)C1. The molecular formula is C11H19NO4. The fraction of sp³-hybridized carbons (Fsp3) is 0.818. The Morgan fingerprint density at radius 2 is 2.19 bits per heavy atom. The van der Waals surface area contributed by atoms with E-state index in [1.54, 1.807) is 18.9 Å². The molecule has 5 nitrogen and oxygen atoms in total. The zero-order valence-electron chi connectivity index (χ0n) is 10.0. The van der Waals surface area contributed by atoms with E-state index >= 15 is 0 Å². The number of methoxy groups -OCH3 is 1. The number of hydrogen-bond acceptors (Lipinski definition) is 3. The fourth-order valence-corrected chi connectivity index (χ4v) is 1.81. The predicted octanol–water partition coefficient (Wildman–Crippen LogP) is 0.735. The molecule has 0 aromatic heterocycles. The Labute approximate surface area is 95.4 Å². The predicted molar refractivity (Wildman–Crippen MR) is 58.0 cm³/mol. The van der Waals surface area contributed by atoms with Crippen molar-refractivity contribution in [3.8, 4) is 0 Å². The molecule has 1 heterocycles. The van der Waals surface area contributed by atoms with Crippen molar-refractivity contribution in [2.75, 3.05) is 20.2 Å². The van der Waals surface area contributed by atoms with E-state index in [0.717, 1.165) is 0 Å². The van der Waals surface area contributed by atoms with E-state index < -0.39 is 11.4 Å². The van der Waals surface area contributed by atoms with Gasteiger partial charge in [-0.2, -0.15) is 0 Å². The van der Waals surface area contributed by atoms with E-state index in [1.807, 2.05) is 6.92 Å². The number of likely N-dealkylation sites (tertiary alicyclic amines) is 1. The average molecular weight is 229 g/mol. The van der Waals surface area contributed by atoms with Crippen LogP contribution >= 0.6 is 0 Å². The molecule has 1 rings (SSSR count). The summed E-state index contributed by atoms with van der Waals surface area (Å²) in [4.78, 5) is 24.4. The summed E-state index contributed by atoms with van der Waals surface area (Å²) >= 11 is 0. The summed E-state index contributed by atoms with van der Waals surface area (Å²) in [5.74, 6) is -0.859. The van der Waals surface area contributed by atoms with E-state index in [-0.39, 0.29) is 12.0 Å². The number of carboxylic acids is 1. The van der Waals surface area contributed by atoms with Gasteiger partial charge in [-0.05, 0) is 20.3 Å². The van der Waals surface area contributed by atoms with Crippen molar-refractivity contribution in [1.29, 1.82) is 0 Å². The van der Waals surface area contributed by atoms with Crippen molar-refractivity contribution in [2.24, 2.45) is 5.41 Å². The van der Waals surface area contributed by atoms with Gasteiger partial charge in [0, 0.05) is 20.2 Å². The minimum atomic E-state index is -0.831. The standard InChI is InChI=1S/C11H19NO4/c1-8(16-3)6-9(13)12-5-4-11(2,7-12)10(14)15/h8H,4-7H2,1-3H3,(H,14,15). The lowest BCUT2D eigenvalue weighted by molar-refractivity contribution is -0.147. The van der Waals surface area contributed by atoms with Gasteiger partial charge in [0.25, 0.3) is 0 Å². The Hall–Kier alpha value is -1.10. The first-order valence-electron chi connectivity index (χ1n) is 5.43. The summed E-state index contributed by atoms with van der Waals surface area (Å²) in [5.41, 5.74) is -0.786. The number of carbonyl (C=O) groups is 2. The second-order valence-corrected chi connectivity index (χ2v) is 4.68. The molecule has 0 aliphatic carbocycles. The van der Waals surface area contributed by atoms with Crippen molar-refractivity contribution in [2.45, 2.75) is 32.8 Å². The molecule has 1 N–H and O–H groups in total. The van der Waals surface area contributed by atoms with Gasteiger partial charge in [-0.1, -0.05) is 0 Å². The van der Waals surface area contributed by atoms with Crippen molar-refractivity contribution < 1.29 is 19.4 Å². The molecule has 0 radical (unpaired) electrons. The van der Waals surface area contributed by atoms with Gasteiger partial charge in [0.05, 0.1) is 17.9 Å². The monoisotopic (exact) mass is 229 g/mol. The van der Waals surface area contributed by atoms with Gasteiger partial charge in [-0.15, -0.1) is 0 Å². The fourth-order valence-electron chi connectivity index (χ4n) is 1.81. The Bertz CT molecular complexity index is 292. The number of ether oxygens (including phenoxy) is 1. The van der Waals surface area contributed by atoms with E-state index in [2.05, 4.69) is 0 Å². The van der Waals surface area contributed by atoms with Crippen LogP contribution in [0.25, 0.3) is 0 Å². The number of nitrogens with zero attached hydrogens (tertiary/aromatic N) is 1. The normalized spacial score (nSPS) is 26.8. The lowest BCUT2D eigenvalue weighted by Crippen LogP contribution is -2.36. The summed E-state index contributed by atoms with van der Waals surface area (Å²) < 4.78 is 5.02. The molecule has 0 spiro atoms. The molecule has 0 aromatic carbocycles. The second-order valence-electron chi connectivity index (χ2n) is 4.68. The summed E-state index contributed by atoms with van der Waals surface area (Å²) in [6.07, 6.45) is 0.714. The molecule has 1 aliphatic rings. The third-order valence-corrected chi connectivity index (χ3v) is 3.21. The molecule has 1 aliphatic heterocycles. The van der Waals surface area contributed by atoms with Gasteiger partial charge < -0.3 is 14.7 Å². The first kappa shape index (κ1) is 13.0. The summed E-state index contributed by atoms with van der Waals surface area (Å²) in [6, 6.07) is 0. The van der Waals surface area contributed by atoms with Gasteiger partial charge >= 0.3 is 5.97 Å². The van der Waals surface area contributed by atoms with Crippen molar-refractivity contribution in [3.05, 3.63) is 0 Å². The Morgan fingerprint density at radius 1 is 1.56 bits per heavy atom. The first-order valence-corrected chi connectivity index (χ1v) is 5.43. The van der Waals surface area contributed by atoms with E-state index in [0.29, 0.717) is 25.9 Å². The molecule has 2 atom stereocenters. The molecule has 0 aromatic rings. The van der Waals surface area contributed by atoms with E-state index in [1.165, 1.54) is 0 Å². The second kappa shape index (κ2) is 4.82. The summed E-state index contributed by atoms with van der Waals surface area (Å²) in [5, 5.41) is 9.04. The smallest absolute Gasteiger partial charge is 0.311 e. The molecule has 1 saturated heterocycles. The van der Waals surface area contributed by atoms with Crippen LogP contribution < -0.4 is 0 Å². The van der Waals surface area contributed by atoms with Crippen LogP contribution in [0.15, 0.2) is 0 Å². The van der Waals surface area contributed by atoms with Crippen LogP contribution in [0.2, 0.25) is 0 Å². The molecule has 16 heavy (non-hydrogen) atoms. The Kier molecular flexibility index (Phi) is 3.91. The molecule has 5 heteroatoms. The quantitative estimate of drug-likeness (QED) is 0.772. The number of hydrogen-bond donors (Lipinski definition) is 1. The van der Waals surface area contributed by atoms with Gasteiger partial charge in [0.15, 0.2) is 0 Å². The van der Waals surface area contributed by atoms with Crippen LogP contribution in [0, 0.1) is 5.41 Å². The largest absolute Gasteiger partial charge is 0.481 e. The molecule has 0 bridgehead atoms. The lowest BCUT2D eigenvalue weighted by Gasteiger charge is -2.21. The molecule has 92 valence electrons. The molecule has 1 amide bonds. The zero-order valence-corrected chi connectivity index (χ0v) is 10.0. The van der Waals surface area contributed by atoms with Gasteiger partial charge in [-0.25, -0.2) is 0 Å². The first-order chi connectivity index (χ1) is 7.39. The topological polar surface area (TPSA) is 66.8 Å². The Morgan fingerprint density at radius 3 is 2.62 bits per heavy atom. The van der Waals surface area contributed by atoms with Crippen LogP contribution in [-0.4, -0.2) is 48.2 Å². The number of rotatable bonds is 4. The van der Waals surface area contributed by atoms with Crippen LogP contribution in [0.1, 0.15) is 26.7 Å². The Balaban J connectivity index is 2.53. The maximum atomic E-state index is 11.8. The minimum absolute atomic E-state index is 0.0284. The van der Waals surface area contributed by atoms with Crippen LogP contribution in [0.5, 0.6) is 0 Å². The van der Waals surface area contributed by atoms with Crippen molar-refractivity contribution >= 4 is 11.9 Å². The highest BCUT2D eigenvalue weighted by molar-refractivity contribution is 5.80. The maximum absolute atomic E-state index is 11.8. The van der Waals surface area contributed by atoms with E-state index in [4.69, 9.17) is 9.84 Å². The maximum Gasteiger partial charge on any atom is 0.311 e. The number of carboxylic acid groups (broad SMARTS) is 1. The highest BCUT2D eigenvalue weighted by Crippen LogP contribution is 2.30. The third kappa shape index (κ3) is 2.72. The molecular weight excluding hydrogens is 210 g/mol. The minimum Gasteiger partial charge on any atom is -0.481 e. The summed E-state index contributed by atoms with van der Waals surface area (Å²) in [7, 11) is 1.56. The average Bonchev–Trinajstić information content (AvgIpc) is 2.62. The van der Waals surface area contributed by atoms with Crippen LogP contribution in [0.4, 0.5) is 0 Å². The number of carbonyl (C=O) groups excluding carboxylic acids is 1. The number of amides is 1. The van der Waals surface area contributed by atoms with Gasteiger partial charge in [-0.3, -0.25) is 9.59 Å². The highest BCUT2D eigenvalue weighted by atomic mass is 16.5. The summed E-state index contributed by atoms with van der Waals surface area (Å²) in [6.45, 7) is 4.34. The molecule has 2 unspecified atom stereocenters. The highest BCUT2D eigenvalue weighted by Gasteiger charge is 2.42. The van der Waals surface area contributed by atoms with E-state index in [9.17, 15) is 9.59 Å². The van der Waals surface area contributed by atoms with Crippen LogP contribution in [-0.2, 0) is 14.3 Å². The van der Waals surface area contributed by atoms with Crippen molar-refractivity contribution in [3.63, 3.8) is 0 Å². The lowest BCUT2D eigenvalue weighted by atomic mass is 9.90.